The number of fused-ring (bicyclic) bond motifs is 4. The van der Waals surface area contributed by atoms with E-state index in [4.69, 9.17) is 24.0 Å². The molecule has 4 aliphatic rings. The molecule has 4 aliphatic heterocycles. The number of amides is 2. The number of nitrogens with zero attached hydrogens (tertiary/aromatic N) is 4. The van der Waals surface area contributed by atoms with Gasteiger partial charge in [0.2, 0.25) is 0 Å². The Labute approximate surface area is 199 Å². The van der Waals surface area contributed by atoms with Crippen molar-refractivity contribution < 1.29 is 33.4 Å². The van der Waals surface area contributed by atoms with Gasteiger partial charge in [-0.15, -0.1) is 5.06 Å². The first-order valence-corrected chi connectivity index (χ1v) is 11.6. The minimum absolute atomic E-state index is 0.0740. The monoisotopic (exact) mass is 478 g/mol. The van der Waals surface area contributed by atoms with Crippen LogP contribution >= 0.6 is 0 Å². The minimum Gasteiger partial charge on any atom is -0.489 e. The first kappa shape index (κ1) is 21.4. The van der Waals surface area contributed by atoms with E-state index in [0.29, 0.717) is 78.4 Å². The summed E-state index contributed by atoms with van der Waals surface area (Å²) in [7, 11) is 0. The molecule has 1 saturated heterocycles. The maximum Gasteiger partial charge on any atom is 0.333 e. The summed E-state index contributed by atoms with van der Waals surface area (Å²) in [5, 5.41) is 2.00. The van der Waals surface area contributed by atoms with E-state index in [1.54, 1.807) is 0 Å². The molecular weight excluding hydrogens is 456 g/mol. The number of hydrogen-bond acceptors (Lipinski definition) is 10. The van der Waals surface area contributed by atoms with Crippen molar-refractivity contribution in [3.63, 3.8) is 0 Å². The average molecular weight is 478 g/mol. The van der Waals surface area contributed by atoms with Crippen LogP contribution < -0.4 is 29.8 Å². The van der Waals surface area contributed by atoms with Gasteiger partial charge in [0.05, 0.1) is 18.8 Å². The Morgan fingerprint density at radius 2 is 1.74 bits per heavy atom. The summed E-state index contributed by atoms with van der Waals surface area (Å²) in [5.41, 5.74) is 1.51. The van der Waals surface area contributed by atoms with Crippen molar-refractivity contribution >= 4 is 29.2 Å². The van der Waals surface area contributed by atoms with Crippen LogP contribution in [0.2, 0.25) is 0 Å². The number of benzene rings is 2. The Balaban J connectivity index is 1.17. The van der Waals surface area contributed by atoms with Gasteiger partial charge in [-0.05, 0) is 6.42 Å². The number of anilines is 1. The van der Waals surface area contributed by atoms with Gasteiger partial charge in [0.25, 0.3) is 11.8 Å². The normalized spacial score (nSPS) is 17.5. The molecule has 180 valence electrons. The second-order valence-electron chi connectivity index (χ2n) is 8.50. The van der Waals surface area contributed by atoms with Gasteiger partial charge in [0.1, 0.15) is 41.1 Å². The largest absolute Gasteiger partial charge is 0.489 e. The van der Waals surface area contributed by atoms with Gasteiger partial charge in [-0.1, -0.05) is 0 Å². The van der Waals surface area contributed by atoms with Crippen molar-refractivity contribution in [1.29, 1.82) is 0 Å². The first-order chi connectivity index (χ1) is 17.0. The lowest BCUT2D eigenvalue weighted by Gasteiger charge is -2.32. The Bertz CT molecular complexity index is 1360. The Morgan fingerprint density at radius 3 is 2.60 bits per heavy atom. The van der Waals surface area contributed by atoms with Crippen LogP contribution in [0.15, 0.2) is 34.3 Å². The van der Waals surface area contributed by atoms with Gasteiger partial charge in [-0.3, -0.25) is 14.6 Å². The molecule has 4 heterocycles. The highest BCUT2D eigenvalue weighted by Gasteiger charge is 2.33. The predicted octanol–water partition coefficient (Wildman–Crippen LogP) is 1.34. The minimum atomic E-state index is -0.607. The van der Waals surface area contributed by atoms with Crippen LogP contribution in [-0.4, -0.2) is 55.7 Å². The SMILES string of the molecule is O=C(CCCN1CCOc2cc3c(cc21)Oc1cc2c(cc1=N3)OCCN=2)ON1C(=O)CCC1=O. The van der Waals surface area contributed by atoms with Crippen LogP contribution in [0.4, 0.5) is 11.4 Å². The molecule has 0 aliphatic carbocycles. The van der Waals surface area contributed by atoms with Crippen molar-refractivity contribution in [2.75, 3.05) is 37.7 Å². The summed E-state index contributed by atoms with van der Waals surface area (Å²) < 4.78 is 17.7. The summed E-state index contributed by atoms with van der Waals surface area (Å²) in [6.45, 7) is 2.85. The van der Waals surface area contributed by atoms with E-state index in [9.17, 15) is 14.4 Å². The van der Waals surface area contributed by atoms with Gasteiger partial charge in [-0.25, -0.2) is 9.79 Å². The van der Waals surface area contributed by atoms with Crippen LogP contribution in [0.25, 0.3) is 0 Å². The zero-order valence-corrected chi connectivity index (χ0v) is 18.8. The standard InChI is InChI=1S/C24H22N4O7/c29-22-3-4-23(30)28(22)35-24(31)2-1-6-27-7-9-33-21-12-16-20(13-17(21)27)34-19-10-14-18(11-15(19)26-16)32-8-5-25-14/h10-13H,1-9H2. The Hall–Kier alpha value is -4.15. The predicted molar refractivity (Wildman–Crippen MR) is 119 cm³/mol. The van der Waals surface area contributed by atoms with Crippen molar-refractivity contribution in [1.82, 2.24) is 5.06 Å². The molecule has 0 aromatic heterocycles. The van der Waals surface area contributed by atoms with E-state index in [1.165, 1.54) is 0 Å². The molecule has 0 radical (unpaired) electrons. The van der Waals surface area contributed by atoms with Gasteiger partial charge in [-0.2, -0.15) is 0 Å². The van der Waals surface area contributed by atoms with E-state index in [2.05, 4.69) is 9.89 Å². The average Bonchev–Trinajstić information content (AvgIpc) is 3.17. The fourth-order valence-electron chi connectivity index (χ4n) is 4.43. The molecule has 35 heavy (non-hydrogen) atoms. The maximum atomic E-state index is 12.1. The highest BCUT2D eigenvalue weighted by atomic mass is 16.7. The lowest BCUT2D eigenvalue weighted by atomic mass is 10.1. The second-order valence-corrected chi connectivity index (χ2v) is 8.50. The van der Waals surface area contributed by atoms with Crippen LogP contribution in [-0.2, 0) is 19.2 Å². The molecule has 0 atom stereocenters. The number of hydrogen-bond donors (Lipinski definition) is 0. The number of rotatable bonds is 5. The number of carbonyl (C=O) groups is 3. The first-order valence-electron chi connectivity index (χ1n) is 11.6. The number of hydroxylamine groups is 2. The van der Waals surface area contributed by atoms with Crippen LogP contribution in [0.1, 0.15) is 25.7 Å². The highest BCUT2D eigenvalue weighted by Crippen LogP contribution is 2.44. The maximum absolute atomic E-state index is 12.1. The summed E-state index contributed by atoms with van der Waals surface area (Å²) in [4.78, 5) is 51.6. The summed E-state index contributed by atoms with van der Waals surface area (Å²) in [6, 6.07) is 7.42. The lowest BCUT2D eigenvalue weighted by molar-refractivity contribution is -0.197. The molecule has 0 spiro atoms. The van der Waals surface area contributed by atoms with Crippen LogP contribution in [0.5, 0.6) is 23.0 Å². The number of imide groups is 1. The molecule has 2 amide bonds. The molecule has 6 rings (SSSR count). The molecule has 11 nitrogen and oxygen atoms in total. The topological polar surface area (TPSA) is 119 Å². The molecule has 1 fully saturated rings. The zero-order valence-electron chi connectivity index (χ0n) is 18.8. The van der Waals surface area contributed by atoms with Gasteiger partial charge in [0.15, 0.2) is 11.5 Å². The lowest BCUT2D eigenvalue weighted by Crippen LogP contribution is -2.35. The third-order valence-corrected chi connectivity index (χ3v) is 6.14. The van der Waals surface area contributed by atoms with E-state index in [0.717, 1.165) is 11.0 Å². The second kappa shape index (κ2) is 8.57. The molecule has 0 saturated carbocycles. The van der Waals surface area contributed by atoms with E-state index < -0.39 is 17.8 Å². The highest BCUT2D eigenvalue weighted by molar-refractivity contribution is 6.01. The van der Waals surface area contributed by atoms with Crippen molar-refractivity contribution in [3.05, 3.63) is 35.0 Å². The Kier molecular flexibility index (Phi) is 5.24. The molecule has 0 bridgehead atoms. The van der Waals surface area contributed by atoms with Crippen LogP contribution in [0.3, 0.4) is 0 Å². The van der Waals surface area contributed by atoms with Gasteiger partial charge < -0.3 is 23.9 Å². The number of ether oxygens (including phenoxy) is 3. The van der Waals surface area contributed by atoms with E-state index in [-0.39, 0.29) is 19.3 Å². The van der Waals surface area contributed by atoms with Gasteiger partial charge in [0, 0.05) is 50.1 Å². The zero-order chi connectivity index (χ0) is 23.9. The fourth-order valence-corrected chi connectivity index (χ4v) is 4.43. The molecule has 0 unspecified atom stereocenters. The van der Waals surface area contributed by atoms with E-state index in [1.807, 2.05) is 24.3 Å². The van der Waals surface area contributed by atoms with Crippen molar-refractivity contribution in [2.45, 2.75) is 25.7 Å². The van der Waals surface area contributed by atoms with Crippen LogP contribution in [0, 0.1) is 0 Å². The molecular formula is C24H22N4O7. The molecule has 0 N–H and O–H groups in total. The fraction of sp³-hybridized carbons (Fsp3) is 0.375. The molecule has 11 heteroatoms. The third kappa shape index (κ3) is 4.02. The number of carbonyl (C=O) groups excluding carboxylic acids is 3. The molecule has 2 aromatic rings. The molecule has 2 aromatic carbocycles. The smallest absolute Gasteiger partial charge is 0.333 e. The van der Waals surface area contributed by atoms with Gasteiger partial charge >= 0.3 is 5.97 Å². The summed E-state index contributed by atoms with van der Waals surface area (Å²) >= 11 is 0. The van der Waals surface area contributed by atoms with Crippen molar-refractivity contribution in [2.24, 2.45) is 9.98 Å². The summed E-state index contributed by atoms with van der Waals surface area (Å²) in [5.74, 6) is 1.03. The Morgan fingerprint density at radius 1 is 0.943 bits per heavy atom. The van der Waals surface area contributed by atoms with E-state index >= 15 is 0 Å². The van der Waals surface area contributed by atoms with Crippen molar-refractivity contribution in [3.8, 4) is 23.0 Å². The third-order valence-electron chi connectivity index (χ3n) is 6.14. The quantitative estimate of drug-likeness (QED) is 0.504. The summed E-state index contributed by atoms with van der Waals surface area (Å²) in [6.07, 6.45) is 0.702.